The van der Waals surface area contributed by atoms with Gasteiger partial charge in [0.05, 0.1) is 14.6 Å². The molecule has 1 rings (SSSR count). The molecule has 0 aliphatic rings. The van der Waals surface area contributed by atoms with Crippen LogP contribution in [0.3, 0.4) is 0 Å². The van der Waals surface area contributed by atoms with Crippen molar-refractivity contribution in [3.05, 3.63) is 37.2 Å². The van der Waals surface area contributed by atoms with Crippen molar-refractivity contribution in [1.29, 1.82) is 0 Å². The first-order chi connectivity index (χ1) is 6.06. The van der Waals surface area contributed by atoms with Gasteiger partial charge in [-0.1, -0.05) is 0 Å². The van der Waals surface area contributed by atoms with Gasteiger partial charge in [-0.15, -0.1) is 0 Å². The molecule has 0 heterocycles. The molecule has 0 bridgehead atoms. The molecule has 4 nitrogen and oxygen atoms in total. The van der Waals surface area contributed by atoms with Crippen LogP contribution in [0.5, 0.6) is 0 Å². The molecule has 0 spiro atoms. The van der Waals surface area contributed by atoms with Gasteiger partial charge >= 0.3 is 0 Å². The Morgan fingerprint density at radius 1 is 1.62 bits per heavy atom. The van der Waals surface area contributed by atoms with E-state index < -0.39 is 10.7 Å². The maximum atomic E-state index is 12.8. The van der Waals surface area contributed by atoms with Gasteiger partial charge in [-0.05, 0) is 34.2 Å². The highest BCUT2D eigenvalue weighted by molar-refractivity contribution is 14.1. The van der Waals surface area contributed by atoms with Crippen LogP contribution in [0.2, 0.25) is 0 Å². The predicted molar refractivity (Wildman–Crippen MR) is 53.7 cm³/mol. The van der Waals surface area contributed by atoms with Gasteiger partial charge in [0.25, 0.3) is 5.69 Å². The SMILES string of the molecule is NCc1cc(F)cc([N+](=O)[O-])c1I. The molecule has 0 aromatic heterocycles. The van der Waals surface area contributed by atoms with E-state index >= 15 is 0 Å². The number of nitrogens with zero attached hydrogens (tertiary/aromatic N) is 1. The molecule has 0 aliphatic heterocycles. The Hall–Kier alpha value is -0.760. The average Bonchev–Trinajstić information content (AvgIpc) is 2.08. The Morgan fingerprint density at radius 2 is 2.23 bits per heavy atom. The van der Waals surface area contributed by atoms with Gasteiger partial charge in [0.2, 0.25) is 0 Å². The largest absolute Gasteiger partial charge is 0.326 e. The Morgan fingerprint density at radius 3 is 2.69 bits per heavy atom. The maximum Gasteiger partial charge on any atom is 0.285 e. The van der Waals surface area contributed by atoms with Crippen molar-refractivity contribution in [2.24, 2.45) is 5.73 Å². The Kier molecular flexibility index (Phi) is 3.15. The van der Waals surface area contributed by atoms with Crippen LogP contribution in [0.15, 0.2) is 12.1 Å². The van der Waals surface area contributed by atoms with Crippen LogP contribution in [0.1, 0.15) is 5.56 Å². The topological polar surface area (TPSA) is 69.2 Å². The average molecular weight is 296 g/mol. The minimum Gasteiger partial charge on any atom is -0.326 e. The second-order valence-corrected chi connectivity index (χ2v) is 3.44. The number of nitro groups is 1. The van der Waals surface area contributed by atoms with Gasteiger partial charge in [0.15, 0.2) is 0 Å². The molecule has 0 amide bonds. The molecule has 0 saturated carbocycles. The van der Waals surface area contributed by atoms with Crippen LogP contribution in [0.4, 0.5) is 10.1 Å². The van der Waals surface area contributed by atoms with Gasteiger partial charge in [0, 0.05) is 6.54 Å². The Labute approximate surface area is 87.2 Å². The molecule has 2 N–H and O–H groups in total. The predicted octanol–water partition coefficient (Wildman–Crippen LogP) is 1.80. The van der Waals surface area contributed by atoms with Crippen LogP contribution >= 0.6 is 22.6 Å². The quantitative estimate of drug-likeness (QED) is 0.514. The summed E-state index contributed by atoms with van der Waals surface area (Å²) in [4.78, 5) is 9.81. The van der Waals surface area contributed by atoms with Gasteiger partial charge in [0.1, 0.15) is 5.82 Å². The third kappa shape index (κ3) is 2.13. The summed E-state index contributed by atoms with van der Waals surface area (Å²) in [7, 11) is 0. The molecule has 0 unspecified atom stereocenters. The normalized spacial score (nSPS) is 10.1. The van der Waals surface area contributed by atoms with Crippen molar-refractivity contribution in [1.82, 2.24) is 0 Å². The van der Waals surface area contributed by atoms with Crippen molar-refractivity contribution in [2.45, 2.75) is 6.54 Å². The van der Waals surface area contributed by atoms with Crippen molar-refractivity contribution < 1.29 is 9.31 Å². The molecule has 0 fully saturated rings. The lowest BCUT2D eigenvalue weighted by molar-refractivity contribution is -0.386. The van der Waals surface area contributed by atoms with E-state index in [2.05, 4.69) is 0 Å². The molecular formula is C7H6FIN2O2. The van der Waals surface area contributed by atoms with Gasteiger partial charge in [-0.25, -0.2) is 4.39 Å². The zero-order chi connectivity index (χ0) is 10.0. The fraction of sp³-hybridized carbons (Fsp3) is 0.143. The molecule has 0 radical (unpaired) electrons. The van der Waals surface area contributed by atoms with E-state index in [0.717, 1.165) is 6.07 Å². The number of benzene rings is 1. The molecule has 6 heteroatoms. The summed E-state index contributed by atoms with van der Waals surface area (Å²) in [5.74, 6) is -0.632. The lowest BCUT2D eigenvalue weighted by Gasteiger charge is -2.01. The van der Waals surface area contributed by atoms with E-state index in [1.807, 2.05) is 0 Å². The number of rotatable bonds is 2. The second-order valence-electron chi connectivity index (χ2n) is 2.36. The minimum absolute atomic E-state index is 0.0941. The van der Waals surface area contributed by atoms with Gasteiger partial charge in [-0.3, -0.25) is 10.1 Å². The zero-order valence-electron chi connectivity index (χ0n) is 6.46. The molecule has 70 valence electrons. The first kappa shape index (κ1) is 10.3. The number of hydrogen-bond acceptors (Lipinski definition) is 3. The van der Waals surface area contributed by atoms with Crippen molar-refractivity contribution >= 4 is 28.3 Å². The highest BCUT2D eigenvalue weighted by Gasteiger charge is 2.16. The summed E-state index contributed by atoms with van der Waals surface area (Å²) in [5.41, 5.74) is 5.51. The smallest absolute Gasteiger partial charge is 0.285 e. The van der Waals surface area contributed by atoms with Crippen LogP contribution in [-0.2, 0) is 6.54 Å². The van der Waals surface area contributed by atoms with E-state index in [1.54, 1.807) is 22.6 Å². The van der Waals surface area contributed by atoms with Gasteiger partial charge < -0.3 is 5.73 Å². The third-order valence-electron chi connectivity index (χ3n) is 1.51. The molecule has 13 heavy (non-hydrogen) atoms. The highest BCUT2D eigenvalue weighted by Crippen LogP contribution is 2.25. The molecule has 0 aliphatic carbocycles. The lowest BCUT2D eigenvalue weighted by Crippen LogP contribution is -2.03. The standard InChI is InChI=1S/C7H6FIN2O2/c8-5-1-4(3-10)7(9)6(2-5)11(12)13/h1-2H,3,10H2. The number of nitro benzene ring substituents is 1. The lowest BCUT2D eigenvalue weighted by atomic mass is 10.2. The summed E-state index contributed by atoms with van der Waals surface area (Å²) in [6, 6.07) is 2.09. The fourth-order valence-corrected chi connectivity index (χ4v) is 1.64. The van der Waals surface area contributed by atoms with E-state index in [0.29, 0.717) is 9.13 Å². The van der Waals surface area contributed by atoms with Crippen molar-refractivity contribution in [3.8, 4) is 0 Å². The molecule has 1 aromatic carbocycles. The molecule has 1 aromatic rings. The van der Waals surface area contributed by atoms with E-state index in [1.165, 1.54) is 6.07 Å². The Balaban J connectivity index is 3.35. The summed E-state index contributed by atoms with van der Waals surface area (Å²) < 4.78 is 13.2. The molecule has 0 atom stereocenters. The fourth-order valence-electron chi connectivity index (χ4n) is 0.911. The zero-order valence-corrected chi connectivity index (χ0v) is 8.62. The van der Waals surface area contributed by atoms with Gasteiger partial charge in [-0.2, -0.15) is 0 Å². The number of halogens is 2. The van der Waals surface area contributed by atoms with E-state index in [4.69, 9.17) is 5.73 Å². The monoisotopic (exact) mass is 296 g/mol. The highest BCUT2D eigenvalue weighted by atomic mass is 127. The summed E-state index contributed by atoms with van der Waals surface area (Å²) in [5, 5.41) is 10.4. The minimum atomic E-state index is -0.632. The van der Waals surface area contributed by atoms with Crippen molar-refractivity contribution in [2.75, 3.05) is 0 Å². The summed E-state index contributed by atoms with van der Waals surface area (Å²) >= 11 is 1.78. The Bertz CT molecular complexity index is 357. The summed E-state index contributed by atoms with van der Waals surface area (Å²) in [6.45, 7) is 0.0941. The first-order valence-electron chi connectivity index (χ1n) is 3.38. The van der Waals surface area contributed by atoms with Crippen molar-refractivity contribution in [3.63, 3.8) is 0 Å². The maximum absolute atomic E-state index is 12.8. The van der Waals surface area contributed by atoms with Crippen LogP contribution in [0.25, 0.3) is 0 Å². The van der Waals surface area contributed by atoms with Crippen LogP contribution < -0.4 is 5.73 Å². The number of nitrogens with two attached hydrogens (primary N) is 1. The van der Waals surface area contributed by atoms with E-state index in [9.17, 15) is 14.5 Å². The van der Waals surface area contributed by atoms with Crippen LogP contribution in [0, 0.1) is 19.5 Å². The second kappa shape index (κ2) is 3.97. The van der Waals surface area contributed by atoms with Crippen LogP contribution in [-0.4, -0.2) is 4.92 Å². The first-order valence-corrected chi connectivity index (χ1v) is 4.46. The molecule has 0 saturated heterocycles. The molecular weight excluding hydrogens is 290 g/mol. The third-order valence-corrected chi connectivity index (χ3v) is 2.76. The van der Waals surface area contributed by atoms with E-state index in [-0.39, 0.29) is 12.2 Å². The summed E-state index contributed by atoms with van der Waals surface area (Å²) in [6.07, 6.45) is 0. The number of hydrogen-bond donors (Lipinski definition) is 1.